The number of benzene rings is 2. The van der Waals surface area contributed by atoms with E-state index in [0.29, 0.717) is 16.2 Å². The zero-order valence-corrected chi connectivity index (χ0v) is 15.9. The van der Waals surface area contributed by atoms with E-state index in [0.717, 1.165) is 11.1 Å². The molecule has 1 amide bonds. The summed E-state index contributed by atoms with van der Waals surface area (Å²) in [5.41, 5.74) is 2.28. The third-order valence-corrected chi connectivity index (χ3v) is 5.83. The Hall–Kier alpha value is -2.65. The molecule has 4 rings (SSSR count). The first-order chi connectivity index (χ1) is 13.8. The molecule has 0 aliphatic carbocycles. The molecule has 0 saturated carbocycles. The molecule has 0 spiro atoms. The van der Waals surface area contributed by atoms with Gasteiger partial charge in [-0.05, 0) is 28.8 Å². The maximum Gasteiger partial charge on any atom is 0.401 e. The molecule has 2 aliphatic rings. The molecular weight excluding hydrogens is 405 g/mol. The van der Waals surface area contributed by atoms with Gasteiger partial charge in [-0.1, -0.05) is 36.4 Å². The number of nitrogens with one attached hydrogen (secondary N) is 1. The van der Waals surface area contributed by atoms with Crippen molar-refractivity contribution in [1.82, 2.24) is 9.62 Å². The van der Waals surface area contributed by atoms with E-state index < -0.39 is 35.7 Å². The first-order valence-corrected chi connectivity index (χ1v) is 10.0. The van der Waals surface area contributed by atoms with Crippen molar-refractivity contribution in [3.05, 3.63) is 71.3 Å². The average Bonchev–Trinajstić information content (AvgIpc) is 2.99. The van der Waals surface area contributed by atoms with Crippen LogP contribution >= 0.6 is 0 Å². The smallest absolute Gasteiger partial charge is 0.401 e. The van der Waals surface area contributed by atoms with Crippen molar-refractivity contribution in [1.29, 1.82) is 0 Å². The van der Waals surface area contributed by atoms with Gasteiger partial charge in [0, 0.05) is 19.2 Å². The fourth-order valence-corrected chi connectivity index (χ4v) is 4.42. The fourth-order valence-electron chi connectivity index (χ4n) is 3.51. The summed E-state index contributed by atoms with van der Waals surface area (Å²) in [6.45, 7) is -0.664. The lowest BCUT2D eigenvalue weighted by atomic mass is 9.97. The van der Waals surface area contributed by atoms with Gasteiger partial charge in [0.05, 0.1) is 11.4 Å². The topological polar surface area (TPSA) is 58.6 Å². The van der Waals surface area contributed by atoms with E-state index >= 15 is 0 Å². The number of hydrogen-bond donors (Lipinski definition) is 1. The number of carbonyl (C=O) groups excluding carboxylic acids is 1. The molecule has 1 N–H and O–H groups in total. The average molecular weight is 422 g/mol. The number of ether oxygens (including phenoxy) is 1. The largest absolute Gasteiger partial charge is 0.484 e. The first kappa shape index (κ1) is 19.7. The second-order valence-corrected chi connectivity index (χ2v) is 8.04. The van der Waals surface area contributed by atoms with Gasteiger partial charge in [-0.2, -0.15) is 13.2 Å². The summed E-state index contributed by atoms with van der Waals surface area (Å²) >= 11 is 0. The van der Waals surface area contributed by atoms with Gasteiger partial charge >= 0.3 is 6.18 Å². The molecule has 2 aromatic rings. The van der Waals surface area contributed by atoms with Crippen molar-refractivity contribution in [2.45, 2.75) is 18.8 Å². The van der Waals surface area contributed by atoms with Crippen molar-refractivity contribution in [2.75, 3.05) is 13.1 Å². The molecule has 2 aliphatic heterocycles. The zero-order chi connectivity index (χ0) is 20.6. The second kappa shape index (κ2) is 7.64. The van der Waals surface area contributed by atoms with E-state index in [1.54, 1.807) is 30.3 Å². The Kier molecular flexibility index (Phi) is 5.18. The van der Waals surface area contributed by atoms with Crippen molar-refractivity contribution in [3.63, 3.8) is 0 Å². The number of nitrogens with zero attached hydrogens (tertiary/aromatic N) is 1. The molecule has 2 aromatic carbocycles. The lowest BCUT2D eigenvalue weighted by Crippen LogP contribution is -2.41. The molecule has 2 heterocycles. The van der Waals surface area contributed by atoms with E-state index in [1.807, 2.05) is 18.2 Å². The van der Waals surface area contributed by atoms with Crippen LogP contribution in [0.3, 0.4) is 0 Å². The lowest BCUT2D eigenvalue weighted by Gasteiger charge is -2.35. The maximum atomic E-state index is 12.9. The van der Waals surface area contributed by atoms with Gasteiger partial charge in [0.1, 0.15) is 11.9 Å². The van der Waals surface area contributed by atoms with Crippen LogP contribution in [0.5, 0.6) is 5.75 Å². The summed E-state index contributed by atoms with van der Waals surface area (Å²) in [4.78, 5) is 13.0. The Morgan fingerprint density at radius 3 is 2.52 bits per heavy atom. The maximum absolute atomic E-state index is 12.9. The van der Waals surface area contributed by atoms with E-state index in [-0.39, 0.29) is 13.1 Å². The second-order valence-electron chi connectivity index (χ2n) is 6.86. The molecule has 5 nitrogen and oxygen atoms in total. The zero-order valence-electron chi connectivity index (χ0n) is 15.1. The van der Waals surface area contributed by atoms with E-state index in [2.05, 4.69) is 4.72 Å². The van der Waals surface area contributed by atoms with Crippen LogP contribution < -0.4 is 9.46 Å². The minimum atomic E-state index is -4.28. The van der Waals surface area contributed by atoms with Crippen LogP contribution in [0.25, 0.3) is 4.91 Å². The van der Waals surface area contributed by atoms with Crippen LogP contribution in [0.15, 0.2) is 54.6 Å². The van der Waals surface area contributed by atoms with Gasteiger partial charge in [0.25, 0.3) is 5.91 Å². The van der Waals surface area contributed by atoms with Crippen molar-refractivity contribution >= 4 is 21.8 Å². The molecule has 0 radical (unpaired) electrons. The molecule has 2 unspecified atom stereocenters. The number of rotatable bonds is 4. The standard InChI is InChI=1S/C20H17F3N2O3S/c21-20(22,23)12-25-10-14-3-1-2-4-16(14)17(11-25)28-15-7-5-13(6-8-15)18-9-19(26)24-29(18)27/h1-9,17H,10-12H2,(H,24,26). The van der Waals surface area contributed by atoms with Crippen LogP contribution in [0.2, 0.25) is 0 Å². The predicted molar refractivity (Wildman–Crippen MR) is 102 cm³/mol. The summed E-state index contributed by atoms with van der Waals surface area (Å²) in [5, 5.41) is 0. The molecule has 0 saturated heterocycles. The Balaban J connectivity index is 1.54. The van der Waals surface area contributed by atoms with Crippen molar-refractivity contribution in [2.24, 2.45) is 0 Å². The number of halogens is 3. The summed E-state index contributed by atoms with van der Waals surface area (Å²) in [6.07, 6.45) is -3.55. The van der Waals surface area contributed by atoms with Crippen LogP contribution in [-0.2, 0) is 22.3 Å². The summed E-state index contributed by atoms with van der Waals surface area (Å²) < 4.78 is 58.8. The lowest BCUT2D eigenvalue weighted by molar-refractivity contribution is -0.150. The quantitative estimate of drug-likeness (QED) is 0.822. The third-order valence-electron chi connectivity index (χ3n) is 4.70. The monoisotopic (exact) mass is 422 g/mol. The van der Waals surface area contributed by atoms with Gasteiger partial charge < -0.3 is 4.74 Å². The molecule has 0 aromatic heterocycles. The highest BCUT2D eigenvalue weighted by molar-refractivity contribution is 7.93. The summed E-state index contributed by atoms with van der Waals surface area (Å²) in [6, 6.07) is 14.0. The number of fused-ring (bicyclic) bond motifs is 1. The highest BCUT2D eigenvalue weighted by Gasteiger charge is 2.35. The molecule has 9 heteroatoms. The highest BCUT2D eigenvalue weighted by Crippen LogP contribution is 2.33. The first-order valence-electron chi connectivity index (χ1n) is 8.86. The van der Waals surface area contributed by atoms with E-state index in [1.165, 1.54) is 11.0 Å². The van der Waals surface area contributed by atoms with E-state index in [9.17, 15) is 22.2 Å². The third kappa shape index (κ3) is 4.51. The molecular formula is C20H17F3N2O3S. The summed E-state index contributed by atoms with van der Waals surface area (Å²) in [5.74, 6) is 0.0632. The van der Waals surface area contributed by atoms with Crippen LogP contribution in [0.1, 0.15) is 22.8 Å². The number of carbonyl (C=O) groups is 1. The van der Waals surface area contributed by atoms with E-state index in [4.69, 9.17) is 4.74 Å². The fraction of sp³-hybridized carbons (Fsp3) is 0.250. The Labute approximate surface area is 167 Å². The predicted octanol–water partition coefficient (Wildman–Crippen LogP) is 3.32. The van der Waals surface area contributed by atoms with Gasteiger partial charge in [-0.3, -0.25) is 14.4 Å². The number of amides is 1. The minimum Gasteiger partial charge on any atom is -0.484 e. The number of hydrogen-bond acceptors (Lipinski definition) is 4. The SMILES string of the molecule is O=C1C=C(c2ccc(OC3CN(CC(F)(F)F)Cc4ccccc43)cc2)S(=O)N1. The molecule has 2 atom stereocenters. The number of alkyl halides is 3. The minimum absolute atomic E-state index is 0.117. The van der Waals surface area contributed by atoms with Crippen LogP contribution in [0.4, 0.5) is 13.2 Å². The van der Waals surface area contributed by atoms with Crippen LogP contribution in [-0.4, -0.2) is 34.3 Å². The molecule has 152 valence electrons. The normalized spacial score (nSPS) is 22.0. The Bertz CT molecular complexity index is 989. The Morgan fingerprint density at radius 2 is 1.86 bits per heavy atom. The van der Waals surface area contributed by atoms with Crippen LogP contribution in [0, 0.1) is 0 Å². The van der Waals surface area contributed by atoms with Gasteiger partial charge in [0.15, 0.2) is 11.0 Å². The Morgan fingerprint density at radius 1 is 1.14 bits per heavy atom. The van der Waals surface area contributed by atoms with Gasteiger partial charge in [-0.15, -0.1) is 0 Å². The molecule has 0 bridgehead atoms. The van der Waals surface area contributed by atoms with Crippen molar-refractivity contribution in [3.8, 4) is 5.75 Å². The van der Waals surface area contributed by atoms with Crippen molar-refractivity contribution < 1.29 is 26.9 Å². The molecule has 29 heavy (non-hydrogen) atoms. The van der Waals surface area contributed by atoms with Gasteiger partial charge in [-0.25, -0.2) is 4.21 Å². The molecule has 0 fully saturated rings. The summed E-state index contributed by atoms with van der Waals surface area (Å²) in [7, 11) is -1.59. The highest BCUT2D eigenvalue weighted by atomic mass is 32.2. The van der Waals surface area contributed by atoms with Gasteiger partial charge in [0.2, 0.25) is 0 Å².